The Bertz CT molecular complexity index is 503. The summed E-state index contributed by atoms with van der Waals surface area (Å²) in [5.41, 5.74) is 3.08. The van der Waals surface area contributed by atoms with Gasteiger partial charge in [0.15, 0.2) is 0 Å². The van der Waals surface area contributed by atoms with Crippen molar-refractivity contribution in [2.75, 3.05) is 13.1 Å². The Morgan fingerprint density at radius 1 is 0.842 bits per heavy atom. The fourth-order valence-corrected chi connectivity index (χ4v) is 1.75. The molecule has 3 nitrogen and oxygen atoms in total. The zero-order chi connectivity index (χ0) is 13.3. The number of hydrogen-bond donors (Lipinski definition) is 1. The average Bonchev–Trinajstić information content (AvgIpc) is 2.48. The van der Waals surface area contributed by atoms with Gasteiger partial charge in [0.1, 0.15) is 0 Å². The van der Waals surface area contributed by atoms with E-state index in [1.807, 2.05) is 42.5 Å². The van der Waals surface area contributed by atoms with Crippen LogP contribution in [0, 0.1) is 0 Å². The molecular formula is C16H19N3. The number of azo groups is 1. The lowest BCUT2D eigenvalue weighted by molar-refractivity contribution is 0.716. The minimum atomic E-state index is 0.874. The monoisotopic (exact) mass is 253 g/mol. The number of benzene rings is 2. The fraction of sp³-hybridized carbons (Fsp3) is 0.250. The quantitative estimate of drug-likeness (QED) is 0.606. The summed E-state index contributed by atoms with van der Waals surface area (Å²) in [7, 11) is 0. The van der Waals surface area contributed by atoms with Crippen LogP contribution in [0.4, 0.5) is 11.4 Å². The largest absolute Gasteiger partial charge is 0.317 e. The predicted octanol–water partition coefficient (Wildman–Crippen LogP) is 4.25. The molecule has 0 spiro atoms. The number of hydrogen-bond acceptors (Lipinski definition) is 3. The van der Waals surface area contributed by atoms with Crippen LogP contribution in [0.2, 0.25) is 0 Å². The van der Waals surface area contributed by atoms with E-state index in [1.165, 1.54) is 5.56 Å². The van der Waals surface area contributed by atoms with Crippen molar-refractivity contribution in [3.05, 3.63) is 60.2 Å². The second kappa shape index (κ2) is 7.44. The van der Waals surface area contributed by atoms with Gasteiger partial charge in [0, 0.05) is 0 Å². The Kier molecular flexibility index (Phi) is 5.26. The van der Waals surface area contributed by atoms with Gasteiger partial charge in [-0.1, -0.05) is 37.3 Å². The van der Waals surface area contributed by atoms with E-state index in [2.05, 4.69) is 34.6 Å². The lowest BCUT2D eigenvalue weighted by Crippen LogP contribution is -2.15. The van der Waals surface area contributed by atoms with Crippen LogP contribution in [-0.2, 0) is 6.42 Å². The highest BCUT2D eigenvalue weighted by molar-refractivity contribution is 5.40. The summed E-state index contributed by atoms with van der Waals surface area (Å²) >= 11 is 0. The van der Waals surface area contributed by atoms with Crippen molar-refractivity contribution in [2.45, 2.75) is 13.3 Å². The lowest BCUT2D eigenvalue weighted by Gasteiger charge is -2.02. The molecule has 0 fully saturated rings. The fourth-order valence-electron chi connectivity index (χ4n) is 1.75. The molecule has 2 aromatic rings. The van der Waals surface area contributed by atoms with E-state index >= 15 is 0 Å². The molecule has 0 unspecified atom stereocenters. The predicted molar refractivity (Wildman–Crippen MR) is 79.3 cm³/mol. The summed E-state index contributed by atoms with van der Waals surface area (Å²) in [5, 5.41) is 11.7. The summed E-state index contributed by atoms with van der Waals surface area (Å²) in [4.78, 5) is 0. The SMILES string of the molecule is CCNCCc1ccc(/N=N/c2ccccc2)cc1. The van der Waals surface area contributed by atoms with Gasteiger partial charge in [-0.25, -0.2) is 0 Å². The van der Waals surface area contributed by atoms with Crippen LogP contribution < -0.4 is 5.32 Å². The van der Waals surface area contributed by atoms with Gasteiger partial charge in [-0.15, -0.1) is 0 Å². The van der Waals surface area contributed by atoms with Gasteiger partial charge in [-0.05, 0) is 49.3 Å². The third-order valence-electron chi connectivity index (χ3n) is 2.81. The Morgan fingerprint density at radius 2 is 1.47 bits per heavy atom. The summed E-state index contributed by atoms with van der Waals surface area (Å²) in [6.45, 7) is 4.15. The standard InChI is InChI=1S/C16H19N3/c1-2-17-13-12-14-8-10-16(11-9-14)19-18-15-6-4-3-5-7-15/h3-11,17H,2,12-13H2,1H3/b19-18+. The number of rotatable bonds is 6. The van der Waals surface area contributed by atoms with Crippen LogP contribution >= 0.6 is 0 Å². The van der Waals surface area contributed by atoms with Gasteiger partial charge >= 0.3 is 0 Å². The molecule has 0 radical (unpaired) electrons. The summed E-state index contributed by atoms with van der Waals surface area (Å²) in [6.07, 6.45) is 1.05. The zero-order valence-corrected chi connectivity index (χ0v) is 11.2. The van der Waals surface area contributed by atoms with Gasteiger partial charge in [0.2, 0.25) is 0 Å². The second-order valence-corrected chi connectivity index (χ2v) is 4.31. The van der Waals surface area contributed by atoms with E-state index in [0.29, 0.717) is 0 Å². The van der Waals surface area contributed by atoms with Crippen LogP contribution in [0.5, 0.6) is 0 Å². The van der Waals surface area contributed by atoms with Crippen molar-refractivity contribution >= 4 is 11.4 Å². The van der Waals surface area contributed by atoms with Crippen molar-refractivity contribution in [3.8, 4) is 0 Å². The molecular weight excluding hydrogens is 234 g/mol. The van der Waals surface area contributed by atoms with Crippen molar-refractivity contribution in [2.24, 2.45) is 10.2 Å². The summed E-state index contributed by atoms with van der Waals surface area (Å²) < 4.78 is 0. The maximum absolute atomic E-state index is 4.22. The first kappa shape index (κ1) is 13.4. The molecule has 0 aliphatic carbocycles. The Balaban J connectivity index is 1.93. The van der Waals surface area contributed by atoms with E-state index in [4.69, 9.17) is 0 Å². The van der Waals surface area contributed by atoms with Crippen LogP contribution in [0.15, 0.2) is 64.8 Å². The van der Waals surface area contributed by atoms with Crippen LogP contribution in [0.1, 0.15) is 12.5 Å². The Labute approximate surface area is 114 Å². The smallest absolute Gasteiger partial charge is 0.0857 e. The summed E-state index contributed by atoms with van der Waals surface area (Å²) in [5.74, 6) is 0. The third kappa shape index (κ3) is 4.64. The molecule has 0 atom stereocenters. The van der Waals surface area contributed by atoms with Gasteiger partial charge < -0.3 is 5.32 Å². The van der Waals surface area contributed by atoms with Gasteiger partial charge in [0.25, 0.3) is 0 Å². The molecule has 3 heteroatoms. The first-order valence-corrected chi connectivity index (χ1v) is 6.65. The first-order chi connectivity index (χ1) is 9.38. The molecule has 19 heavy (non-hydrogen) atoms. The van der Waals surface area contributed by atoms with E-state index in [9.17, 15) is 0 Å². The molecule has 0 aromatic heterocycles. The van der Waals surface area contributed by atoms with E-state index in [1.54, 1.807) is 0 Å². The molecule has 0 bridgehead atoms. The molecule has 0 aliphatic rings. The van der Waals surface area contributed by atoms with Crippen LogP contribution in [0.3, 0.4) is 0 Å². The molecule has 0 amide bonds. The van der Waals surface area contributed by atoms with E-state index < -0.39 is 0 Å². The van der Waals surface area contributed by atoms with Crippen molar-refractivity contribution in [3.63, 3.8) is 0 Å². The van der Waals surface area contributed by atoms with Crippen molar-refractivity contribution < 1.29 is 0 Å². The highest BCUT2D eigenvalue weighted by Gasteiger charge is 1.94. The van der Waals surface area contributed by atoms with Gasteiger partial charge in [0.05, 0.1) is 11.4 Å². The molecule has 0 aliphatic heterocycles. The first-order valence-electron chi connectivity index (χ1n) is 6.65. The Morgan fingerprint density at radius 3 is 2.11 bits per heavy atom. The minimum Gasteiger partial charge on any atom is -0.317 e. The van der Waals surface area contributed by atoms with Crippen molar-refractivity contribution in [1.82, 2.24) is 5.32 Å². The molecule has 1 N–H and O–H groups in total. The highest BCUT2D eigenvalue weighted by atomic mass is 15.1. The van der Waals surface area contributed by atoms with E-state index in [0.717, 1.165) is 30.9 Å². The maximum atomic E-state index is 4.22. The number of likely N-dealkylation sites (N-methyl/N-ethyl adjacent to an activating group) is 1. The third-order valence-corrected chi connectivity index (χ3v) is 2.81. The highest BCUT2D eigenvalue weighted by Crippen LogP contribution is 2.18. The maximum Gasteiger partial charge on any atom is 0.0857 e. The van der Waals surface area contributed by atoms with Crippen molar-refractivity contribution in [1.29, 1.82) is 0 Å². The van der Waals surface area contributed by atoms with Gasteiger partial charge in [-0.3, -0.25) is 0 Å². The second-order valence-electron chi connectivity index (χ2n) is 4.31. The molecule has 0 heterocycles. The summed E-state index contributed by atoms with van der Waals surface area (Å²) in [6, 6.07) is 18.0. The van der Waals surface area contributed by atoms with E-state index in [-0.39, 0.29) is 0 Å². The topological polar surface area (TPSA) is 36.8 Å². The molecule has 0 saturated heterocycles. The average molecular weight is 253 g/mol. The molecule has 2 aromatic carbocycles. The number of nitrogens with zero attached hydrogens (tertiary/aromatic N) is 2. The number of nitrogens with one attached hydrogen (secondary N) is 1. The van der Waals surface area contributed by atoms with Crippen LogP contribution in [-0.4, -0.2) is 13.1 Å². The molecule has 98 valence electrons. The zero-order valence-electron chi connectivity index (χ0n) is 11.2. The van der Waals surface area contributed by atoms with Crippen LogP contribution in [0.25, 0.3) is 0 Å². The van der Waals surface area contributed by atoms with Gasteiger partial charge in [-0.2, -0.15) is 10.2 Å². The molecule has 0 saturated carbocycles. The molecule has 2 rings (SSSR count). The minimum absolute atomic E-state index is 0.874. The normalized spacial score (nSPS) is 11.0. The lowest BCUT2D eigenvalue weighted by atomic mass is 10.1. The Hall–Kier alpha value is -2.00.